The van der Waals surface area contributed by atoms with Crippen LogP contribution in [0.3, 0.4) is 0 Å². The minimum absolute atomic E-state index is 0. The number of rotatable bonds is 8. The third-order valence-corrected chi connectivity index (χ3v) is 3.01. The second-order valence-corrected chi connectivity index (χ2v) is 4.74. The van der Waals surface area contributed by atoms with Crippen LogP contribution in [0.1, 0.15) is 18.5 Å². The molecule has 0 spiro atoms. The predicted molar refractivity (Wildman–Crippen MR) is 99.7 cm³/mol. The lowest BCUT2D eigenvalue weighted by molar-refractivity contribution is -0.141. The van der Waals surface area contributed by atoms with Gasteiger partial charge in [0.2, 0.25) is 0 Å². The molecule has 9 heteroatoms. The summed E-state index contributed by atoms with van der Waals surface area (Å²) in [6, 6.07) is 0. The molecule has 0 radical (unpaired) electrons. The van der Waals surface area contributed by atoms with Crippen molar-refractivity contribution in [3.05, 3.63) is 24.5 Å². The molecule has 8 nitrogen and oxygen atoms in total. The Balaban J connectivity index is 0.00000484. The van der Waals surface area contributed by atoms with E-state index in [4.69, 9.17) is 0 Å². The molecule has 0 unspecified atom stereocenters. The molecule has 23 heavy (non-hydrogen) atoms. The van der Waals surface area contributed by atoms with Crippen LogP contribution in [0.2, 0.25) is 0 Å². The monoisotopic (exact) mass is 436 g/mol. The van der Waals surface area contributed by atoms with Crippen LogP contribution in [-0.2, 0) is 22.6 Å². The van der Waals surface area contributed by atoms with Crippen molar-refractivity contribution in [1.82, 2.24) is 25.2 Å². The molecule has 0 saturated heterocycles. The summed E-state index contributed by atoms with van der Waals surface area (Å²) >= 11 is 0. The molecule has 0 bridgehead atoms. The van der Waals surface area contributed by atoms with E-state index in [2.05, 4.69) is 31.9 Å². The Morgan fingerprint density at radius 1 is 1.61 bits per heavy atom. The van der Waals surface area contributed by atoms with E-state index in [9.17, 15) is 4.79 Å². The van der Waals surface area contributed by atoms with Gasteiger partial charge in [-0.1, -0.05) is 11.3 Å². The van der Waals surface area contributed by atoms with Crippen molar-refractivity contribution in [2.45, 2.75) is 25.9 Å². The molecule has 1 rings (SSSR count). The third-order valence-electron chi connectivity index (χ3n) is 3.01. The average Bonchev–Trinajstić information content (AvgIpc) is 2.95. The first-order valence-corrected chi connectivity index (χ1v) is 7.09. The van der Waals surface area contributed by atoms with E-state index in [1.54, 1.807) is 13.2 Å². The summed E-state index contributed by atoms with van der Waals surface area (Å²) in [7, 11) is 5.06. The smallest absolute Gasteiger partial charge is 0.327 e. The number of guanidine groups is 1. The summed E-state index contributed by atoms with van der Waals surface area (Å²) in [4.78, 5) is 17.4. The number of aromatic nitrogens is 3. The summed E-state index contributed by atoms with van der Waals surface area (Å²) in [5, 5.41) is 11.1. The molecule has 0 atom stereocenters. The van der Waals surface area contributed by atoms with Crippen LogP contribution in [-0.4, -0.2) is 59.6 Å². The topological polar surface area (TPSA) is 84.6 Å². The van der Waals surface area contributed by atoms with E-state index in [1.807, 2.05) is 18.0 Å². The number of ether oxygens (including phenoxy) is 1. The first-order chi connectivity index (χ1) is 10.6. The fourth-order valence-corrected chi connectivity index (χ4v) is 1.83. The van der Waals surface area contributed by atoms with Crippen LogP contribution >= 0.6 is 24.0 Å². The van der Waals surface area contributed by atoms with E-state index >= 15 is 0 Å². The largest absolute Gasteiger partial charge is 0.468 e. The Hall–Kier alpha value is -1.65. The summed E-state index contributed by atoms with van der Waals surface area (Å²) in [6.45, 7) is 5.14. The number of methoxy groups -OCH3 is 1. The van der Waals surface area contributed by atoms with Gasteiger partial charge in [0.25, 0.3) is 0 Å². The zero-order valence-electron chi connectivity index (χ0n) is 13.9. The number of nitrogens with one attached hydrogen (secondary N) is 1. The average molecular weight is 436 g/mol. The second kappa shape index (κ2) is 11.9. The van der Waals surface area contributed by atoms with Crippen molar-refractivity contribution in [3.8, 4) is 0 Å². The molecule has 0 aromatic carbocycles. The van der Waals surface area contributed by atoms with Crippen molar-refractivity contribution in [2.24, 2.45) is 4.99 Å². The van der Waals surface area contributed by atoms with Crippen LogP contribution in [0.15, 0.2) is 23.8 Å². The highest BCUT2D eigenvalue weighted by molar-refractivity contribution is 14.0. The quantitative estimate of drug-likeness (QED) is 0.164. The molecule has 0 fully saturated rings. The van der Waals surface area contributed by atoms with Crippen molar-refractivity contribution < 1.29 is 9.53 Å². The van der Waals surface area contributed by atoms with Gasteiger partial charge in [0.05, 0.1) is 19.9 Å². The Labute approximate surface area is 154 Å². The van der Waals surface area contributed by atoms with E-state index in [0.717, 1.165) is 31.0 Å². The molecule has 0 saturated carbocycles. The summed E-state index contributed by atoms with van der Waals surface area (Å²) in [6.07, 6.45) is 5.61. The van der Waals surface area contributed by atoms with Gasteiger partial charge in [0.1, 0.15) is 12.2 Å². The maximum absolute atomic E-state index is 11.2. The molecule has 1 aromatic rings. The van der Waals surface area contributed by atoms with Gasteiger partial charge in [0.15, 0.2) is 5.96 Å². The predicted octanol–water partition coefficient (Wildman–Crippen LogP) is 1.04. The third kappa shape index (κ3) is 7.95. The summed E-state index contributed by atoms with van der Waals surface area (Å²) in [5.74, 6) is 0.425. The number of carbonyl (C=O) groups is 1. The second-order valence-electron chi connectivity index (χ2n) is 4.74. The highest BCUT2D eigenvalue weighted by Gasteiger charge is 2.08. The number of unbranched alkanes of at least 4 members (excludes halogenated alkanes) is 1. The van der Waals surface area contributed by atoms with Gasteiger partial charge >= 0.3 is 5.97 Å². The number of allylic oxidation sites excluding steroid dienone is 1. The molecule has 0 aliphatic carbocycles. The molecule has 1 aromatic heterocycles. The maximum Gasteiger partial charge on any atom is 0.327 e. The first-order valence-electron chi connectivity index (χ1n) is 7.09. The van der Waals surface area contributed by atoms with Crippen LogP contribution in [0, 0.1) is 0 Å². The van der Waals surface area contributed by atoms with Crippen molar-refractivity contribution in [1.29, 1.82) is 0 Å². The molecule has 1 heterocycles. The lowest BCUT2D eigenvalue weighted by Crippen LogP contribution is -2.39. The van der Waals surface area contributed by atoms with Gasteiger partial charge in [-0.3, -0.25) is 9.79 Å². The molecular weight excluding hydrogens is 411 g/mol. The van der Waals surface area contributed by atoms with Gasteiger partial charge in [0, 0.05) is 20.6 Å². The summed E-state index contributed by atoms with van der Waals surface area (Å²) < 4.78 is 6.03. The molecule has 0 amide bonds. The number of hydrogen-bond acceptors (Lipinski definition) is 5. The van der Waals surface area contributed by atoms with E-state index < -0.39 is 0 Å². The summed E-state index contributed by atoms with van der Waals surface area (Å²) in [5.41, 5.74) is 0.726. The Morgan fingerprint density at radius 3 is 2.96 bits per heavy atom. The number of carbonyl (C=O) groups excluding carboxylic acids is 1. The Bertz CT molecular complexity index is 517. The van der Waals surface area contributed by atoms with E-state index in [0.29, 0.717) is 6.54 Å². The van der Waals surface area contributed by atoms with Crippen molar-refractivity contribution >= 4 is 35.9 Å². The van der Waals surface area contributed by atoms with E-state index in [-0.39, 0.29) is 36.5 Å². The van der Waals surface area contributed by atoms with E-state index in [1.165, 1.54) is 11.8 Å². The zero-order valence-corrected chi connectivity index (χ0v) is 16.2. The van der Waals surface area contributed by atoms with Crippen molar-refractivity contribution in [2.75, 3.05) is 27.7 Å². The fourth-order valence-electron chi connectivity index (χ4n) is 1.83. The van der Waals surface area contributed by atoms with Gasteiger partial charge in [-0.15, -0.1) is 35.7 Å². The first kappa shape index (κ1) is 21.4. The SMILES string of the molecule is C=CCCCN(C)C(=NC)NCc1cn(CC(=O)OC)nn1.I. The number of esters is 1. The highest BCUT2D eigenvalue weighted by atomic mass is 127. The maximum atomic E-state index is 11.2. The minimum Gasteiger partial charge on any atom is -0.468 e. The van der Waals surface area contributed by atoms with Crippen LogP contribution in [0.5, 0.6) is 0 Å². The number of nitrogens with zero attached hydrogens (tertiary/aromatic N) is 5. The van der Waals surface area contributed by atoms with Crippen molar-refractivity contribution in [3.63, 3.8) is 0 Å². The van der Waals surface area contributed by atoms with Crippen LogP contribution in [0.25, 0.3) is 0 Å². The number of aliphatic imine (C=N–C) groups is 1. The zero-order chi connectivity index (χ0) is 16.4. The fraction of sp³-hybridized carbons (Fsp3) is 0.571. The van der Waals surface area contributed by atoms with Gasteiger partial charge in [-0.25, -0.2) is 4.68 Å². The van der Waals surface area contributed by atoms with Crippen LogP contribution in [0.4, 0.5) is 0 Å². The minimum atomic E-state index is -0.359. The normalized spacial score (nSPS) is 10.7. The molecule has 1 N–H and O–H groups in total. The Kier molecular flexibility index (Phi) is 11.0. The molecule has 0 aliphatic heterocycles. The highest BCUT2D eigenvalue weighted by Crippen LogP contribution is 1.97. The molecule has 130 valence electrons. The van der Waals surface area contributed by atoms with Crippen LogP contribution < -0.4 is 5.32 Å². The lowest BCUT2D eigenvalue weighted by Gasteiger charge is -2.21. The molecular formula is C14H25IN6O2. The van der Waals surface area contributed by atoms with Gasteiger partial charge in [-0.05, 0) is 12.8 Å². The van der Waals surface area contributed by atoms with Gasteiger partial charge < -0.3 is 15.0 Å². The standard InChI is InChI=1S/C14H24N6O2.HI/c1-5-6-7-8-19(3)14(15-2)16-9-12-10-20(18-17-12)11-13(21)22-4;/h5,10H,1,6-9,11H2,2-4H3,(H,15,16);1H. The Morgan fingerprint density at radius 2 is 2.35 bits per heavy atom. The lowest BCUT2D eigenvalue weighted by atomic mass is 10.3. The number of hydrogen-bond donors (Lipinski definition) is 1. The van der Waals surface area contributed by atoms with Gasteiger partial charge in [-0.2, -0.15) is 0 Å². The molecule has 0 aliphatic rings. The number of halogens is 1.